The van der Waals surface area contributed by atoms with E-state index in [1.807, 2.05) is 0 Å². The molecule has 1 unspecified atom stereocenters. The van der Waals surface area contributed by atoms with Gasteiger partial charge in [-0.2, -0.15) is 0 Å². The Morgan fingerprint density at radius 3 is 2.89 bits per heavy atom. The molecule has 0 aromatic heterocycles. The molecule has 0 saturated carbocycles. The van der Waals surface area contributed by atoms with Crippen molar-refractivity contribution in [2.24, 2.45) is 5.73 Å². The van der Waals surface area contributed by atoms with Gasteiger partial charge in [0, 0.05) is 7.05 Å². The SMILES string of the molecule is CN1C(=O)Cc2cc(CC(N)C(=O)O)cc(F)c21. The molecule has 3 N–H and O–H groups in total. The molecule has 1 aromatic rings. The van der Waals surface area contributed by atoms with Crippen LogP contribution in [0.1, 0.15) is 11.1 Å². The number of carbonyl (C=O) groups is 2. The number of hydrogen-bond donors (Lipinski definition) is 2. The van der Waals surface area contributed by atoms with Crippen LogP contribution in [0.25, 0.3) is 0 Å². The lowest BCUT2D eigenvalue weighted by molar-refractivity contribution is -0.138. The van der Waals surface area contributed by atoms with E-state index in [-0.39, 0.29) is 24.4 Å². The van der Waals surface area contributed by atoms with Crippen LogP contribution in [-0.2, 0) is 22.4 Å². The van der Waals surface area contributed by atoms with E-state index in [9.17, 15) is 14.0 Å². The van der Waals surface area contributed by atoms with E-state index >= 15 is 0 Å². The lowest BCUT2D eigenvalue weighted by Gasteiger charge is -2.13. The van der Waals surface area contributed by atoms with Crippen molar-refractivity contribution in [3.63, 3.8) is 0 Å². The van der Waals surface area contributed by atoms with Gasteiger partial charge < -0.3 is 15.7 Å². The number of likely N-dealkylation sites (N-methyl/N-ethyl adjacent to an activating group) is 1. The number of hydrogen-bond acceptors (Lipinski definition) is 3. The number of carbonyl (C=O) groups excluding carboxylic acids is 1. The number of benzene rings is 1. The van der Waals surface area contributed by atoms with Gasteiger partial charge in [0.1, 0.15) is 11.9 Å². The molecule has 1 aliphatic heterocycles. The number of anilines is 1. The molecule has 96 valence electrons. The van der Waals surface area contributed by atoms with Gasteiger partial charge in [-0.25, -0.2) is 4.39 Å². The van der Waals surface area contributed by atoms with E-state index in [1.165, 1.54) is 18.0 Å². The maximum atomic E-state index is 13.8. The van der Waals surface area contributed by atoms with Crippen LogP contribution in [0.4, 0.5) is 10.1 Å². The fourth-order valence-corrected chi connectivity index (χ4v) is 2.09. The molecule has 0 bridgehead atoms. The summed E-state index contributed by atoms with van der Waals surface area (Å²) in [6.07, 6.45) is 0.177. The summed E-state index contributed by atoms with van der Waals surface area (Å²) >= 11 is 0. The summed E-state index contributed by atoms with van der Waals surface area (Å²) in [5, 5.41) is 8.71. The Kier molecular flexibility index (Phi) is 3.04. The molecule has 1 aliphatic rings. The summed E-state index contributed by atoms with van der Waals surface area (Å²) < 4.78 is 13.8. The third-order valence-corrected chi connectivity index (χ3v) is 3.03. The van der Waals surface area contributed by atoms with Crippen molar-refractivity contribution >= 4 is 17.6 Å². The smallest absolute Gasteiger partial charge is 0.320 e. The first kappa shape index (κ1) is 12.5. The predicted octanol–water partition coefficient (Wildman–Crippen LogP) is 0.299. The van der Waals surface area contributed by atoms with Crippen molar-refractivity contribution in [2.75, 3.05) is 11.9 Å². The van der Waals surface area contributed by atoms with Crippen molar-refractivity contribution in [1.82, 2.24) is 0 Å². The Balaban J connectivity index is 2.33. The summed E-state index contributed by atoms with van der Waals surface area (Å²) in [4.78, 5) is 23.4. The third kappa shape index (κ3) is 2.06. The number of nitrogens with two attached hydrogens (primary N) is 1. The highest BCUT2D eigenvalue weighted by Crippen LogP contribution is 2.31. The van der Waals surface area contributed by atoms with Gasteiger partial charge in [-0.1, -0.05) is 6.07 Å². The zero-order valence-electron chi connectivity index (χ0n) is 9.81. The molecule has 1 atom stereocenters. The van der Waals surface area contributed by atoms with Crippen LogP contribution in [0.5, 0.6) is 0 Å². The average Bonchev–Trinajstić information content (AvgIpc) is 2.54. The number of halogens is 1. The Hall–Kier alpha value is -1.95. The van der Waals surface area contributed by atoms with Crippen LogP contribution in [0.15, 0.2) is 12.1 Å². The molecule has 18 heavy (non-hydrogen) atoms. The first-order chi connectivity index (χ1) is 8.40. The quantitative estimate of drug-likeness (QED) is 0.810. The van der Waals surface area contributed by atoms with E-state index in [0.29, 0.717) is 11.1 Å². The minimum atomic E-state index is -1.14. The fraction of sp³-hybridized carbons (Fsp3) is 0.333. The second kappa shape index (κ2) is 4.38. The van der Waals surface area contributed by atoms with Gasteiger partial charge >= 0.3 is 5.97 Å². The Morgan fingerprint density at radius 2 is 2.28 bits per heavy atom. The second-order valence-corrected chi connectivity index (χ2v) is 4.36. The molecule has 0 radical (unpaired) electrons. The lowest BCUT2D eigenvalue weighted by Crippen LogP contribution is -2.32. The van der Waals surface area contributed by atoms with Crippen LogP contribution in [-0.4, -0.2) is 30.1 Å². The number of nitrogens with zero attached hydrogens (tertiary/aromatic N) is 1. The summed E-state index contributed by atoms with van der Waals surface area (Å²) in [5.74, 6) is -1.83. The van der Waals surface area contributed by atoms with E-state index in [4.69, 9.17) is 10.8 Å². The molecule has 1 aromatic carbocycles. The van der Waals surface area contributed by atoms with Crippen molar-refractivity contribution in [1.29, 1.82) is 0 Å². The largest absolute Gasteiger partial charge is 0.480 e. The molecule has 5 nitrogen and oxygen atoms in total. The standard InChI is InChI=1S/C12H13FN2O3/c1-15-10(16)5-7-2-6(3-8(13)11(7)15)4-9(14)12(17)18/h2-3,9H,4-5,14H2,1H3,(H,17,18). The lowest BCUT2D eigenvalue weighted by atomic mass is 10.0. The normalized spacial score (nSPS) is 15.7. The number of aliphatic carboxylic acids is 1. The Morgan fingerprint density at radius 1 is 1.61 bits per heavy atom. The average molecular weight is 252 g/mol. The van der Waals surface area contributed by atoms with Gasteiger partial charge in [0.25, 0.3) is 0 Å². The molecule has 0 saturated heterocycles. The summed E-state index contributed by atoms with van der Waals surface area (Å²) in [5.41, 5.74) is 6.74. The number of fused-ring (bicyclic) bond motifs is 1. The first-order valence-corrected chi connectivity index (χ1v) is 5.46. The third-order valence-electron chi connectivity index (χ3n) is 3.03. The van der Waals surface area contributed by atoms with Gasteiger partial charge in [0.2, 0.25) is 5.91 Å². The minimum absolute atomic E-state index is 0.0391. The van der Waals surface area contributed by atoms with Crippen LogP contribution in [0, 0.1) is 5.82 Å². The van der Waals surface area contributed by atoms with Crippen molar-refractivity contribution < 1.29 is 19.1 Å². The van der Waals surface area contributed by atoms with Gasteiger partial charge in [-0.3, -0.25) is 9.59 Å². The molecular formula is C12H13FN2O3. The number of carboxylic acid groups (broad SMARTS) is 1. The van der Waals surface area contributed by atoms with E-state index in [1.54, 1.807) is 6.07 Å². The van der Waals surface area contributed by atoms with Crippen LogP contribution in [0.3, 0.4) is 0 Å². The topological polar surface area (TPSA) is 83.6 Å². The monoisotopic (exact) mass is 252 g/mol. The van der Waals surface area contributed by atoms with Crippen molar-refractivity contribution in [2.45, 2.75) is 18.9 Å². The van der Waals surface area contributed by atoms with E-state index in [0.717, 1.165) is 0 Å². The molecule has 1 heterocycles. The van der Waals surface area contributed by atoms with Gasteiger partial charge in [0.15, 0.2) is 0 Å². The molecule has 6 heteroatoms. The Bertz CT molecular complexity index is 530. The number of carboxylic acids is 1. The number of rotatable bonds is 3. The van der Waals surface area contributed by atoms with Crippen molar-refractivity contribution in [3.05, 3.63) is 29.1 Å². The maximum Gasteiger partial charge on any atom is 0.320 e. The van der Waals surface area contributed by atoms with Crippen LogP contribution < -0.4 is 10.6 Å². The molecular weight excluding hydrogens is 239 g/mol. The van der Waals surface area contributed by atoms with Gasteiger partial charge in [-0.15, -0.1) is 0 Å². The van der Waals surface area contributed by atoms with Crippen LogP contribution in [0.2, 0.25) is 0 Å². The Labute approximate surface area is 103 Å². The molecule has 2 rings (SSSR count). The molecule has 0 fully saturated rings. The van der Waals surface area contributed by atoms with Gasteiger partial charge in [-0.05, 0) is 23.6 Å². The summed E-state index contributed by atoms with van der Waals surface area (Å²) in [6, 6.07) is 1.80. The zero-order chi connectivity index (χ0) is 13.4. The summed E-state index contributed by atoms with van der Waals surface area (Å²) in [7, 11) is 1.51. The van der Waals surface area contributed by atoms with Gasteiger partial charge in [0.05, 0.1) is 12.1 Å². The second-order valence-electron chi connectivity index (χ2n) is 4.36. The van der Waals surface area contributed by atoms with Crippen molar-refractivity contribution in [3.8, 4) is 0 Å². The maximum absolute atomic E-state index is 13.8. The summed E-state index contributed by atoms with van der Waals surface area (Å²) in [6.45, 7) is 0. The van der Waals surface area contributed by atoms with E-state index < -0.39 is 17.8 Å². The zero-order valence-corrected chi connectivity index (χ0v) is 9.81. The molecule has 0 spiro atoms. The minimum Gasteiger partial charge on any atom is -0.480 e. The molecule has 0 aliphatic carbocycles. The molecule has 1 amide bonds. The first-order valence-electron chi connectivity index (χ1n) is 5.46. The highest BCUT2D eigenvalue weighted by Gasteiger charge is 2.28. The highest BCUT2D eigenvalue weighted by atomic mass is 19.1. The fourth-order valence-electron chi connectivity index (χ4n) is 2.09. The van der Waals surface area contributed by atoms with Crippen LogP contribution >= 0.6 is 0 Å². The predicted molar refractivity (Wildman–Crippen MR) is 62.8 cm³/mol. The highest BCUT2D eigenvalue weighted by molar-refractivity contribution is 6.01. The van der Waals surface area contributed by atoms with E-state index in [2.05, 4.69) is 0 Å². The number of amides is 1.